The van der Waals surface area contributed by atoms with Crippen molar-refractivity contribution in [2.75, 3.05) is 0 Å². The maximum atomic E-state index is 12.8. The monoisotopic (exact) mass is 455 g/mol. The second-order valence-electron chi connectivity index (χ2n) is 9.21. The van der Waals surface area contributed by atoms with E-state index < -0.39 is 54.1 Å². The zero-order chi connectivity index (χ0) is 23.5. The summed E-state index contributed by atoms with van der Waals surface area (Å²) in [5.74, 6) is -3.35. The third-order valence-electron chi connectivity index (χ3n) is 6.82. The van der Waals surface area contributed by atoms with Crippen molar-refractivity contribution in [3.8, 4) is 0 Å². The predicted molar refractivity (Wildman–Crippen MR) is 119 cm³/mol. The van der Waals surface area contributed by atoms with Gasteiger partial charge in [0, 0.05) is 23.1 Å². The smallest absolute Gasteiger partial charge is 0.311 e. The lowest BCUT2D eigenvalue weighted by Crippen LogP contribution is -2.43. The van der Waals surface area contributed by atoms with E-state index in [0.29, 0.717) is 17.8 Å². The Morgan fingerprint density at radius 3 is 2.23 bits per heavy atom. The maximum Gasteiger partial charge on any atom is 0.311 e. The van der Waals surface area contributed by atoms with Gasteiger partial charge in [-0.05, 0) is 25.7 Å². The Morgan fingerprint density at radius 1 is 1.00 bits per heavy atom. The van der Waals surface area contributed by atoms with Gasteiger partial charge in [-0.25, -0.2) is 4.98 Å². The Balaban J connectivity index is 2.36. The number of aliphatic hydroxyl groups excluding tert-OH is 3. The molecule has 2 bridgehead atoms. The molecule has 9 atom stereocenters. The summed E-state index contributed by atoms with van der Waals surface area (Å²) in [5.41, 5.74) is 0.783. The minimum absolute atomic E-state index is 0.115. The van der Waals surface area contributed by atoms with E-state index in [4.69, 9.17) is 4.74 Å². The van der Waals surface area contributed by atoms with E-state index in [1.54, 1.807) is 27.7 Å². The number of hydrogen-bond donors (Lipinski definition) is 3. The summed E-state index contributed by atoms with van der Waals surface area (Å²) in [7, 11) is 0. The fraction of sp³-hybridized carbons (Fsp3) is 0.783. The topological polar surface area (TPSA) is 117 Å². The molecule has 0 radical (unpaired) electrons. The summed E-state index contributed by atoms with van der Waals surface area (Å²) in [5, 5.41) is 34.9. The Morgan fingerprint density at radius 2 is 1.61 bits per heavy atom. The molecule has 0 fully saturated rings. The molecule has 1 aliphatic heterocycles. The van der Waals surface area contributed by atoms with E-state index in [1.165, 1.54) is 11.3 Å². The highest BCUT2D eigenvalue weighted by Crippen LogP contribution is 2.28. The molecule has 0 saturated heterocycles. The zero-order valence-corrected chi connectivity index (χ0v) is 20.1. The lowest BCUT2D eigenvalue weighted by Gasteiger charge is -2.33. The standard InChI is InChI=1S/C23H37NO6S/c1-7-18-13(4)21(27)12(3)17(25)9-19-24-16(10-31-19)8-11(2)20(26)14(5)22(28)15(6)23(29)30-18/h10-15,18,20-22,26-28H,7-9H2,1-6H3. The molecular formula is C23H37NO6S. The summed E-state index contributed by atoms with van der Waals surface area (Å²) < 4.78 is 5.64. The Kier molecular flexibility index (Phi) is 9.18. The van der Waals surface area contributed by atoms with Crippen LogP contribution >= 0.6 is 11.3 Å². The zero-order valence-electron chi connectivity index (χ0n) is 19.3. The van der Waals surface area contributed by atoms with Crippen LogP contribution in [0.5, 0.6) is 0 Å². The first-order valence-electron chi connectivity index (χ1n) is 11.2. The number of carbonyl (C=O) groups is 2. The van der Waals surface area contributed by atoms with Crippen LogP contribution in [0.2, 0.25) is 0 Å². The number of hydrogen-bond acceptors (Lipinski definition) is 8. The van der Waals surface area contributed by atoms with Crippen LogP contribution < -0.4 is 0 Å². The van der Waals surface area contributed by atoms with Crippen LogP contribution in [0.4, 0.5) is 0 Å². The minimum atomic E-state index is -1.08. The van der Waals surface area contributed by atoms with Crippen molar-refractivity contribution in [1.29, 1.82) is 0 Å². The highest BCUT2D eigenvalue weighted by Gasteiger charge is 2.38. The number of fused-ring (bicyclic) bond motifs is 2. The van der Waals surface area contributed by atoms with Crippen molar-refractivity contribution in [3.05, 3.63) is 16.1 Å². The van der Waals surface area contributed by atoms with Crippen molar-refractivity contribution in [2.45, 2.75) is 85.2 Å². The highest BCUT2D eigenvalue weighted by molar-refractivity contribution is 7.09. The van der Waals surface area contributed by atoms with E-state index in [2.05, 4.69) is 4.98 Å². The minimum Gasteiger partial charge on any atom is -0.462 e. The molecule has 9 unspecified atom stereocenters. The molecule has 8 heteroatoms. The molecule has 31 heavy (non-hydrogen) atoms. The number of esters is 1. The summed E-state index contributed by atoms with van der Waals surface area (Å²) in [6.45, 7) is 10.5. The van der Waals surface area contributed by atoms with E-state index in [9.17, 15) is 24.9 Å². The van der Waals surface area contributed by atoms with Crippen molar-refractivity contribution < 1.29 is 29.6 Å². The summed E-state index contributed by atoms with van der Waals surface area (Å²) in [6, 6.07) is 0. The van der Waals surface area contributed by atoms with Gasteiger partial charge in [0.15, 0.2) is 0 Å². The molecule has 0 saturated carbocycles. The van der Waals surface area contributed by atoms with Crippen LogP contribution in [0.25, 0.3) is 0 Å². The number of aromatic nitrogens is 1. The fourth-order valence-electron chi connectivity index (χ4n) is 4.28. The second-order valence-corrected chi connectivity index (χ2v) is 10.2. The summed E-state index contributed by atoms with van der Waals surface area (Å²) >= 11 is 1.40. The molecule has 1 aliphatic rings. The molecular weight excluding hydrogens is 418 g/mol. The number of cyclic esters (lactones) is 1. The molecule has 0 spiro atoms. The number of Topliss-reactive ketones (excluding diaryl/α,β-unsaturated/α-hetero) is 1. The normalized spacial score (nSPS) is 39.1. The van der Waals surface area contributed by atoms with E-state index >= 15 is 0 Å². The molecule has 0 aromatic carbocycles. The molecule has 0 aliphatic carbocycles. The second kappa shape index (κ2) is 11.0. The molecule has 2 heterocycles. The molecule has 1 aromatic rings. The number of rotatable bonds is 1. The lowest BCUT2D eigenvalue weighted by atomic mass is 9.82. The Hall–Kier alpha value is -1.35. The molecule has 7 nitrogen and oxygen atoms in total. The number of nitrogens with zero attached hydrogens (tertiary/aromatic N) is 1. The SMILES string of the molecule is CCC1OC(=O)C(C)C(O)C(C)C(O)C(C)Cc2csc(n2)CC(=O)C(C)C(O)C1C. The van der Waals surface area contributed by atoms with Crippen LogP contribution in [-0.2, 0) is 27.2 Å². The molecule has 176 valence electrons. The van der Waals surface area contributed by atoms with Crippen LogP contribution in [0.1, 0.15) is 58.7 Å². The van der Waals surface area contributed by atoms with Gasteiger partial charge < -0.3 is 20.1 Å². The first kappa shape index (κ1) is 25.9. The number of carbonyl (C=O) groups excluding carboxylic acids is 2. The van der Waals surface area contributed by atoms with Crippen molar-refractivity contribution in [1.82, 2.24) is 4.98 Å². The van der Waals surface area contributed by atoms with Crippen LogP contribution in [0, 0.1) is 29.6 Å². The summed E-state index contributed by atoms with van der Waals surface area (Å²) in [6.07, 6.45) is -2.38. The molecule has 1 aromatic heterocycles. The Bertz CT molecular complexity index is 752. The van der Waals surface area contributed by atoms with Gasteiger partial charge >= 0.3 is 5.97 Å². The maximum absolute atomic E-state index is 12.8. The van der Waals surface area contributed by atoms with E-state index in [0.717, 1.165) is 5.69 Å². The third kappa shape index (κ3) is 6.12. The van der Waals surface area contributed by atoms with Gasteiger partial charge in [-0.15, -0.1) is 11.3 Å². The molecule has 2 rings (SSSR count). The van der Waals surface area contributed by atoms with Crippen molar-refractivity contribution in [2.24, 2.45) is 29.6 Å². The first-order chi connectivity index (χ1) is 14.5. The number of ether oxygens (including phenoxy) is 1. The van der Waals surface area contributed by atoms with E-state index in [1.807, 2.05) is 19.2 Å². The van der Waals surface area contributed by atoms with Gasteiger partial charge in [-0.2, -0.15) is 0 Å². The number of aliphatic hydroxyl groups is 3. The largest absolute Gasteiger partial charge is 0.462 e. The van der Waals surface area contributed by atoms with Crippen LogP contribution in [-0.4, -0.2) is 56.5 Å². The number of thiazole rings is 1. The van der Waals surface area contributed by atoms with Gasteiger partial charge in [0.25, 0.3) is 0 Å². The Labute approximate surface area is 188 Å². The van der Waals surface area contributed by atoms with Gasteiger partial charge in [0.2, 0.25) is 0 Å². The van der Waals surface area contributed by atoms with Crippen LogP contribution in [0.3, 0.4) is 0 Å². The molecule has 0 amide bonds. The van der Waals surface area contributed by atoms with Gasteiger partial charge in [0.05, 0.1) is 36.3 Å². The van der Waals surface area contributed by atoms with Crippen molar-refractivity contribution >= 4 is 23.1 Å². The van der Waals surface area contributed by atoms with Gasteiger partial charge in [0.1, 0.15) is 16.9 Å². The third-order valence-corrected chi connectivity index (χ3v) is 7.71. The average Bonchev–Trinajstić information content (AvgIpc) is 3.19. The van der Waals surface area contributed by atoms with Gasteiger partial charge in [-0.1, -0.05) is 34.6 Å². The highest BCUT2D eigenvalue weighted by atomic mass is 32.1. The van der Waals surface area contributed by atoms with Crippen molar-refractivity contribution in [3.63, 3.8) is 0 Å². The summed E-state index contributed by atoms with van der Waals surface area (Å²) in [4.78, 5) is 30.0. The fourth-order valence-corrected chi connectivity index (χ4v) is 5.10. The van der Waals surface area contributed by atoms with Gasteiger partial charge in [-0.3, -0.25) is 9.59 Å². The first-order valence-corrected chi connectivity index (χ1v) is 12.1. The molecule has 3 N–H and O–H groups in total. The number of ketones is 1. The predicted octanol–water partition coefficient (Wildman–Crippen LogP) is 2.40. The quantitative estimate of drug-likeness (QED) is 0.557. The average molecular weight is 456 g/mol. The van der Waals surface area contributed by atoms with Crippen LogP contribution in [0.15, 0.2) is 5.38 Å². The lowest BCUT2D eigenvalue weighted by molar-refractivity contribution is -0.165. The van der Waals surface area contributed by atoms with E-state index in [-0.39, 0.29) is 18.1 Å².